The van der Waals surface area contributed by atoms with Gasteiger partial charge in [-0.15, -0.1) is 0 Å². The first-order chi connectivity index (χ1) is 12.7. The molecule has 0 fully saturated rings. The molecule has 0 unspecified atom stereocenters. The number of methoxy groups -OCH3 is 2. The molecule has 3 heterocycles. The number of carbonyl (C=O) groups is 1. The third-order valence-electron chi connectivity index (χ3n) is 3.36. The molecule has 0 radical (unpaired) electrons. The maximum Gasteiger partial charge on any atom is 0.514 e. The van der Waals surface area contributed by atoms with Crippen molar-refractivity contribution in [3.05, 3.63) is 30.9 Å². The SMILES string of the molecule is CCOC(=O)Oc1cn2ncnc(Nc3ccc(OC)nc3)c2c1OC. The van der Waals surface area contributed by atoms with Crippen LogP contribution in [0.2, 0.25) is 0 Å². The zero-order valence-corrected chi connectivity index (χ0v) is 14.4. The van der Waals surface area contributed by atoms with Crippen molar-refractivity contribution in [1.82, 2.24) is 19.6 Å². The van der Waals surface area contributed by atoms with E-state index in [2.05, 4.69) is 20.4 Å². The first-order valence-electron chi connectivity index (χ1n) is 7.68. The normalized spacial score (nSPS) is 10.4. The van der Waals surface area contributed by atoms with E-state index in [9.17, 15) is 4.79 Å². The maximum atomic E-state index is 11.6. The lowest BCUT2D eigenvalue weighted by atomic mass is 10.3. The molecule has 3 aromatic heterocycles. The fourth-order valence-electron chi connectivity index (χ4n) is 2.27. The first kappa shape index (κ1) is 17.3. The number of nitrogens with one attached hydrogen (secondary N) is 1. The highest BCUT2D eigenvalue weighted by atomic mass is 16.7. The molecular formula is C16H17N5O5. The zero-order valence-electron chi connectivity index (χ0n) is 14.4. The van der Waals surface area contributed by atoms with E-state index in [1.165, 1.54) is 24.1 Å². The molecule has 26 heavy (non-hydrogen) atoms. The summed E-state index contributed by atoms with van der Waals surface area (Å²) in [6.45, 7) is 1.89. The van der Waals surface area contributed by atoms with Crippen molar-refractivity contribution in [2.24, 2.45) is 0 Å². The van der Waals surface area contributed by atoms with Crippen LogP contribution in [0.1, 0.15) is 6.92 Å². The number of pyridine rings is 1. The van der Waals surface area contributed by atoms with Gasteiger partial charge in [0.1, 0.15) is 6.33 Å². The molecule has 0 aromatic carbocycles. The summed E-state index contributed by atoms with van der Waals surface area (Å²) in [6.07, 6.45) is 3.64. The zero-order chi connectivity index (χ0) is 18.5. The predicted octanol–water partition coefficient (Wildman–Crippen LogP) is 2.42. The Bertz CT molecular complexity index is 909. The van der Waals surface area contributed by atoms with Gasteiger partial charge in [0.15, 0.2) is 22.8 Å². The highest BCUT2D eigenvalue weighted by Crippen LogP contribution is 2.37. The number of nitrogens with zero attached hydrogens (tertiary/aromatic N) is 4. The standard InChI is InChI=1S/C16H17N5O5/c1-4-25-16(22)26-11-8-21-13(14(11)24-3)15(18-9-19-21)20-10-5-6-12(23-2)17-7-10/h5-9H,4H2,1-3H3,(H,18,19,20). The van der Waals surface area contributed by atoms with Crippen LogP contribution in [0.25, 0.3) is 5.52 Å². The summed E-state index contributed by atoms with van der Waals surface area (Å²) in [5, 5.41) is 7.23. The molecule has 0 saturated carbocycles. The molecule has 10 nitrogen and oxygen atoms in total. The third-order valence-corrected chi connectivity index (χ3v) is 3.36. The van der Waals surface area contributed by atoms with Crippen molar-refractivity contribution >= 4 is 23.2 Å². The van der Waals surface area contributed by atoms with Crippen LogP contribution in [0, 0.1) is 0 Å². The summed E-state index contributed by atoms with van der Waals surface area (Å²) >= 11 is 0. The lowest BCUT2D eigenvalue weighted by Gasteiger charge is -2.09. The number of anilines is 2. The Morgan fingerprint density at radius 1 is 1.23 bits per heavy atom. The number of hydrogen-bond donors (Lipinski definition) is 1. The minimum atomic E-state index is -0.830. The topological polar surface area (TPSA) is 109 Å². The molecule has 0 bridgehead atoms. The molecule has 0 aliphatic heterocycles. The molecule has 136 valence electrons. The van der Waals surface area contributed by atoms with Crippen LogP contribution in [-0.4, -0.2) is 46.6 Å². The monoisotopic (exact) mass is 359 g/mol. The Morgan fingerprint density at radius 3 is 2.73 bits per heavy atom. The number of aromatic nitrogens is 4. The van der Waals surface area contributed by atoms with Crippen LogP contribution in [0.15, 0.2) is 30.9 Å². The second kappa shape index (κ2) is 7.55. The average Bonchev–Trinajstić information content (AvgIpc) is 3.00. The van der Waals surface area contributed by atoms with Gasteiger partial charge in [-0.3, -0.25) is 0 Å². The van der Waals surface area contributed by atoms with E-state index in [1.807, 2.05) is 0 Å². The van der Waals surface area contributed by atoms with Gasteiger partial charge in [-0.25, -0.2) is 19.3 Å². The fourth-order valence-corrected chi connectivity index (χ4v) is 2.27. The van der Waals surface area contributed by atoms with Crippen LogP contribution in [0.3, 0.4) is 0 Å². The molecule has 0 amide bonds. The van der Waals surface area contributed by atoms with E-state index < -0.39 is 6.16 Å². The number of rotatable bonds is 6. The molecule has 0 saturated heterocycles. The van der Waals surface area contributed by atoms with Gasteiger partial charge in [-0.2, -0.15) is 5.10 Å². The van der Waals surface area contributed by atoms with Crippen molar-refractivity contribution in [2.75, 3.05) is 26.1 Å². The highest BCUT2D eigenvalue weighted by Gasteiger charge is 2.21. The molecule has 0 atom stereocenters. The molecule has 3 aromatic rings. The predicted molar refractivity (Wildman–Crippen MR) is 91.3 cm³/mol. The van der Waals surface area contributed by atoms with Crippen molar-refractivity contribution < 1.29 is 23.7 Å². The van der Waals surface area contributed by atoms with E-state index in [0.717, 1.165) is 0 Å². The van der Waals surface area contributed by atoms with Crippen LogP contribution in [-0.2, 0) is 4.74 Å². The fraction of sp³-hybridized carbons (Fsp3) is 0.250. The minimum Gasteiger partial charge on any atom is -0.491 e. The van der Waals surface area contributed by atoms with Crippen LogP contribution < -0.4 is 19.5 Å². The van der Waals surface area contributed by atoms with Gasteiger partial charge in [0.25, 0.3) is 0 Å². The summed E-state index contributed by atoms with van der Waals surface area (Å²) in [7, 11) is 3.00. The van der Waals surface area contributed by atoms with E-state index in [1.54, 1.807) is 32.4 Å². The lowest BCUT2D eigenvalue weighted by molar-refractivity contribution is 0.103. The summed E-state index contributed by atoms with van der Waals surface area (Å²) in [6, 6.07) is 3.50. The van der Waals surface area contributed by atoms with Gasteiger partial charge in [0.2, 0.25) is 5.88 Å². The van der Waals surface area contributed by atoms with Crippen molar-refractivity contribution in [1.29, 1.82) is 0 Å². The molecule has 0 aliphatic carbocycles. The minimum absolute atomic E-state index is 0.169. The molecule has 1 N–H and O–H groups in total. The second-order valence-electron chi connectivity index (χ2n) is 4.93. The van der Waals surface area contributed by atoms with Crippen LogP contribution in [0.5, 0.6) is 17.4 Å². The Kier molecular flexibility index (Phi) is 5.02. The van der Waals surface area contributed by atoms with Gasteiger partial charge in [-0.1, -0.05) is 0 Å². The summed E-state index contributed by atoms with van der Waals surface area (Å²) in [4.78, 5) is 20.0. The maximum absolute atomic E-state index is 11.6. The van der Waals surface area contributed by atoms with E-state index in [4.69, 9.17) is 18.9 Å². The van der Waals surface area contributed by atoms with E-state index in [0.29, 0.717) is 28.7 Å². The Balaban J connectivity index is 1.97. The summed E-state index contributed by atoms with van der Waals surface area (Å²) in [5.41, 5.74) is 1.17. The molecular weight excluding hydrogens is 342 g/mol. The molecule has 10 heteroatoms. The number of carbonyl (C=O) groups excluding carboxylic acids is 1. The molecule has 0 spiro atoms. The lowest BCUT2D eigenvalue weighted by Crippen LogP contribution is -2.10. The highest BCUT2D eigenvalue weighted by molar-refractivity contribution is 5.83. The summed E-state index contributed by atoms with van der Waals surface area (Å²) < 4.78 is 21.9. The summed E-state index contributed by atoms with van der Waals surface area (Å²) in [5.74, 6) is 1.40. The Hall–Kier alpha value is -3.56. The van der Waals surface area contributed by atoms with Gasteiger partial charge < -0.3 is 24.3 Å². The van der Waals surface area contributed by atoms with E-state index >= 15 is 0 Å². The van der Waals surface area contributed by atoms with E-state index in [-0.39, 0.29) is 12.4 Å². The third kappa shape index (κ3) is 3.43. The average molecular weight is 359 g/mol. The largest absolute Gasteiger partial charge is 0.514 e. The number of hydrogen-bond acceptors (Lipinski definition) is 9. The van der Waals surface area contributed by atoms with Gasteiger partial charge in [-0.05, 0) is 13.0 Å². The van der Waals surface area contributed by atoms with Crippen LogP contribution >= 0.6 is 0 Å². The molecule has 3 rings (SSSR count). The van der Waals surface area contributed by atoms with Crippen molar-refractivity contribution in [2.45, 2.75) is 6.92 Å². The van der Waals surface area contributed by atoms with Crippen molar-refractivity contribution in [3.63, 3.8) is 0 Å². The van der Waals surface area contributed by atoms with Crippen LogP contribution in [0.4, 0.5) is 16.3 Å². The van der Waals surface area contributed by atoms with Gasteiger partial charge in [0.05, 0.1) is 38.9 Å². The van der Waals surface area contributed by atoms with Gasteiger partial charge >= 0.3 is 6.16 Å². The molecule has 0 aliphatic rings. The number of ether oxygens (including phenoxy) is 4. The number of fused-ring (bicyclic) bond motifs is 1. The first-order valence-corrected chi connectivity index (χ1v) is 7.68. The van der Waals surface area contributed by atoms with Crippen molar-refractivity contribution in [3.8, 4) is 17.4 Å². The second-order valence-corrected chi connectivity index (χ2v) is 4.93. The quantitative estimate of drug-likeness (QED) is 0.663. The van der Waals surface area contributed by atoms with Gasteiger partial charge in [0, 0.05) is 6.07 Å². The Labute approximate surface area is 148 Å². The smallest absolute Gasteiger partial charge is 0.491 e. The Morgan fingerprint density at radius 2 is 2.08 bits per heavy atom.